The average molecular weight is 250 g/mol. The number of aliphatic hydroxyl groups excluding tert-OH is 1. The summed E-state index contributed by atoms with van der Waals surface area (Å²) >= 11 is 0. The van der Waals surface area contributed by atoms with Crippen molar-refractivity contribution in [3.63, 3.8) is 0 Å². The van der Waals surface area contributed by atoms with Crippen LogP contribution in [0.15, 0.2) is 12.4 Å². The van der Waals surface area contributed by atoms with E-state index in [0.29, 0.717) is 12.4 Å². The van der Waals surface area contributed by atoms with Gasteiger partial charge in [0, 0.05) is 12.0 Å². The van der Waals surface area contributed by atoms with Crippen molar-refractivity contribution < 1.29 is 9.90 Å². The van der Waals surface area contributed by atoms with Crippen LogP contribution in [-0.4, -0.2) is 34.1 Å². The van der Waals surface area contributed by atoms with E-state index in [9.17, 15) is 9.90 Å². The molecule has 98 valence electrons. The lowest BCUT2D eigenvalue weighted by molar-refractivity contribution is 0.0995. The Balaban J connectivity index is 2.01. The molecule has 0 spiro atoms. The molecule has 1 fully saturated rings. The van der Waals surface area contributed by atoms with E-state index in [2.05, 4.69) is 15.3 Å². The average Bonchev–Trinajstić information content (AvgIpc) is 2.86. The number of rotatable bonds is 5. The fourth-order valence-electron chi connectivity index (χ4n) is 2.36. The molecular weight excluding hydrogens is 232 g/mol. The number of hydrogen-bond donors (Lipinski definition) is 3. The summed E-state index contributed by atoms with van der Waals surface area (Å²) in [5.41, 5.74) is 5.22. The van der Waals surface area contributed by atoms with Crippen molar-refractivity contribution in [1.29, 1.82) is 0 Å². The second-order valence-corrected chi connectivity index (χ2v) is 4.87. The zero-order valence-corrected chi connectivity index (χ0v) is 10.2. The molecule has 1 aliphatic rings. The fraction of sp³-hybridized carbons (Fsp3) is 0.583. The standard InChI is InChI=1S/C12H18N4O2/c13-11(18)9-5-14-6-10(16-9)15-7-12(8-17)3-1-2-4-12/h5-6,17H,1-4,7-8H2,(H2,13,18)(H,15,16). The Labute approximate surface area is 106 Å². The predicted molar refractivity (Wildman–Crippen MR) is 67.0 cm³/mol. The molecule has 0 saturated heterocycles. The molecule has 0 atom stereocenters. The summed E-state index contributed by atoms with van der Waals surface area (Å²) in [6.07, 6.45) is 7.21. The van der Waals surface area contributed by atoms with Crippen molar-refractivity contribution in [2.45, 2.75) is 25.7 Å². The number of hydrogen-bond acceptors (Lipinski definition) is 5. The van der Waals surface area contributed by atoms with Gasteiger partial charge in [-0.2, -0.15) is 0 Å². The van der Waals surface area contributed by atoms with Gasteiger partial charge in [0.05, 0.1) is 19.0 Å². The molecule has 1 aromatic rings. The van der Waals surface area contributed by atoms with Crippen LogP contribution in [0, 0.1) is 5.41 Å². The van der Waals surface area contributed by atoms with Crippen LogP contribution in [0.3, 0.4) is 0 Å². The predicted octanol–water partition coefficient (Wildman–Crippen LogP) is 0.540. The number of nitrogens with zero attached hydrogens (tertiary/aromatic N) is 2. The number of anilines is 1. The van der Waals surface area contributed by atoms with Crippen LogP contribution in [0.1, 0.15) is 36.2 Å². The van der Waals surface area contributed by atoms with Crippen LogP contribution >= 0.6 is 0 Å². The molecule has 0 radical (unpaired) electrons. The topological polar surface area (TPSA) is 101 Å². The van der Waals surface area contributed by atoms with E-state index in [1.165, 1.54) is 6.20 Å². The van der Waals surface area contributed by atoms with Crippen LogP contribution in [0.4, 0.5) is 5.82 Å². The minimum atomic E-state index is -0.594. The van der Waals surface area contributed by atoms with Gasteiger partial charge in [-0.3, -0.25) is 9.78 Å². The van der Waals surface area contributed by atoms with E-state index in [0.717, 1.165) is 25.7 Å². The maximum absolute atomic E-state index is 11.0. The van der Waals surface area contributed by atoms with Crippen molar-refractivity contribution in [1.82, 2.24) is 9.97 Å². The molecule has 1 aliphatic carbocycles. The number of carbonyl (C=O) groups is 1. The van der Waals surface area contributed by atoms with Crippen molar-refractivity contribution in [3.8, 4) is 0 Å². The molecule has 4 N–H and O–H groups in total. The number of amides is 1. The van der Waals surface area contributed by atoms with E-state index >= 15 is 0 Å². The number of aliphatic hydroxyl groups is 1. The molecule has 2 rings (SSSR count). The zero-order valence-electron chi connectivity index (χ0n) is 10.2. The molecule has 1 aromatic heterocycles. The van der Waals surface area contributed by atoms with Gasteiger partial charge in [-0.15, -0.1) is 0 Å². The van der Waals surface area contributed by atoms with Gasteiger partial charge in [-0.05, 0) is 12.8 Å². The first-order chi connectivity index (χ1) is 8.65. The highest BCUT2D eigenvalue weighted by Gasteiger charge is 2.32. The highest BCUT2D eigenvalue weighted by Crippen LogP contribution is 2.37. The van der Waals surface area contributed by atoms with E-state index in [4.69, 9.17) is 5.73 Å². The molecule has 1 amide bonds. The number of primary amides is 1. The Morgan fingerprint density at radius 2 is 2.17 bits per heavy atom. The minimum absolute atomic E-state index is 0.0651. The molecule has 18 heavy (non-hydrogen) atoms. The molecular formula is C12H18N4O2. The van der Waals surface area contributed by atoms with Gasteiger partial charge in [0.15, 0.2) is 0 Å². The molecule has 1 saturated carbocycles. The lowest BCUT2D eigenvalue weighted by Gasteiger charge is -2.26. The van der Waals surface area contributed by atoms with E-state index in [-0.39, 0.29) is 17.7 Å². The first kappa shape index (κ1) is 12.8. The molecule has 0 unspecified atom stereocenters. The summed E-state index contributed by atoms with van der Waals surface area (Å²) in [6.45, 7) is 0.809. The van der Waals surface area contributed by atoms with Crippen LogP contribution in [-0.2, 0) is 0 Å². The minimum Gasteiger partial charge on any atom is -0.396 e. The first-order valence-electron chi connectivity index (χ1n) is 6.12. The lowest BCUT2D eigenvalue weighted by Crippen LogP contribution is -2.31. The summed E-state index contributed by atoms with van der Waals surface area (Å²) in [4.78, 5) is 19.0. The number of carbonyl (C=O) groups excluding carboxylic acids is 1. The fourth-order valence-corrected chi connectivity index (χ4v) is 2.36. The van der Waals surface area contributed by atoms with E-state index < -0.39 is 5.91 Å². The Hall–Kier alpha value is -1.69. The summed E-state index contributed by atoms with van der Waals surface area (Å²) < 4.78 is 0. The SMILES string of the molecule is NC(=O)c1cncc(NCC2(CO)CCCC2)n1. The summed E-state index contributed by atoms with van der Waals surface area (Å²) in [6, 6.07) is 0. The molecule has 0 aromatic carbocycles. The quantitative estimate of drug-likeness (QED) is 0.708. The highest BCUT2D eigenvalue weighted by molar-refractivity contribution is 5.90. The van der Waals surface area contributed by atoms with Crippen molar-refractivity contribution in [2.24, 2.45) is 11.1 Å². The Morgan fingerprint density at radius 3 is 2.78 bits per heavy atom. The number of nitrogens with two attached hydrogens (primary N) is 1. The normalized spacial score (nSPS) is 17.6. The largest absolute Gasteiger partial charge is 0.396 e. The van der Waals surface area contributed by atoms with Gasteiger partial charge in [-0.1, -0.05) is 12.8 Å². The molecule has 1 heterocycles. The zero-order chi connectivity index (χ0) is 13.0. The summed E-state index contributed by atoms with van der Waals surface area (Å²) in [7, 11) is 0. The van der Waals surface area contributed by atoms with E-state index in [1.807, 2.05) is 0 Å². The Bertz CT molecular complexity index is 430. The van der Waals surface area contributed by atoms with Crippen molar-refractivity contribution in [3.05, 3.63) is 18.1 Å². The van der Waals surface area contributed by atoms with Crippen molar-refractivity contribution in [2.75, 3.05) is 18.5 Å². The molecule has 6 heteroatoms. The van der Waals surface area contributed by atoms with Crippen molar-refractivity contribution >= 4 is 11.7 Å². The number of aromatic nitrogens is 2. The Kier molecular flexibility index (Phi) is 3.76. The van der Waals surface area contributed by atoms with E-state index in [1.54, 1.807) is 6.20 Å². The lowest BCUT2D eigenvalue weighted by atomic mass is 9.87. The second kappa shape index (κ2) is 5.30. The highest BCUT2D eigenvalue weighted by atomic mass is 16.3. The molecule has 6 nitrogen and oxygen atoms in total. The Morgan fingerprint density at radius 1 is 1.44 bits per heavy atom. The first-order valence-corrected chi connectivity index (χ1v) is 6.12. The smallest absolute Gasteiger partial charge is 0.268 e. The monoisotopic (exact) mass is 250 g/mol. The van der Waals surface area contributed by atoms with Gasteiger partial charge >= 0.3 is 0 Å². The van der Waals surface area contributed by atoms with Gasteiger partial charge in [-0.25, -0.2) is 4.98 Å². The van der Waals surface area contributed by atoms with Crippen LogP contribution in [0.2, 0.25) is 0 Å². The molecule has 0 bridgehead atoms. The van der Waals surface area contributed by atoms with Gasteiger partial charge in [0.1, 0.15) is 11.5 Å². The van der Waals surface area contributed by atoms with Gasteiger partial charge < -0.3 is 16.2 Å². The third kappa shape index (κ3) is 2.76. The van der Waals surface area contributed by atoms with Crippen LogP contribution in [0.25, 0.3) is 0 Å². The van der Waals surface area contributed by atoms with Gasteiger partial charge in [0.25, 0.3) is 5.91 Å². The summed E-state index contributed by atoms with van der Waals surface area (Å²) in [5, 5.41) is 12.6. The summed E-state index contributed by atoms with van der Waals surface area (Å²) in [5.74, 6) is -0.0742. The van der Waals surface area contributed by atoms with Crippen LogP contribution in [0.5, 0.6) is 0 Å². The maximum atomic E-state index is 11.0. The number of nitrogens with one attached hydrogen (secondary N) is 1. The third-order valence-corrected chi connectivity index (χ3v) is 3.53. The van der Waals surface area contributed by atoms with Gasteiger partial charge in [0.2, 0.25) is 0 Å². The maximum Gasteiger partial charge on any atom is 0.268 e. The third-order valence-electron chi connectivity index (χ3n) is 3.53. The molecule has 0 aliphatic heterocycles. The van der Waals surface area contributed by atoms with Crippen LogP contribution < -0.4 is 11.1 Å². The second-order valence-electron chi connectivity index (χ2n) is 4.87.